The standard InChI is InChI=1S/C34H29N7/c1-5-16-36-31(35-4)24-21-23(22-25(32-37-17-10-18-38-32)30(24)33-39-19-11-20-40-33)41-28-14-8-6-12-26(28)34(2,3)27-13-7-9-15-29(27)41/h5-22H,4H2,1-3H3/b16-5-,36-31?. The molecule has 0 radical (unpaired) electrons. The topological polar surface area (TPSA) is 79.5 Å². The number of para-hydroxylation sites is 2. The van der Waals surface area contributed by atoms with Crippen LogP contribution in [0.5, 0.6) is 0 Å². The average Bonchev–Trinajstić information content (AvgIpc) is 3.02. The third kappa shape index (κ3) is 4.51. The Bertz CT molecular complexity index is 1740. The third-order valence-corrected chi connectivity index (χ3v) is 7.35. The van der Waals surface area contributed by atoms with Crippen molar-refractivity contribution in [1.82, 2.24) is 19.9 Å². The van der Waals surface area contributed by atoms with Crippen molar-refractivity contribution >= 4 is 29.6 Å². The number of hydrogen-bond acceptors (Lipinski definition) is 6. The van der Waals surface area contributed by atoms with Gasteiger partial charge in [-0.15, -0.1) is 0 Å². The Morgan fingerprint density at radius 3 is 1.90 bits per heavy atom. The summed E-state index contributed by atoms with van der Waals surface area (Å²) in [6.45, 7) is 10.3. The molecule has 0 saturated heterocycles. The first-order valence-electron chi connectivity index (χ1n) is 13.4. The summed E-state index contributed by atoms with van der Waals surface area (Å²) in [5.41, 5.74) is 7.62. The molecule has 200 valence electrons. The fraction of sp³-hybridized carbons (Fsp3) is 0.118. The second-order valence-corrected chi connectivity index (χ2v) is 10.1. The minimum absolute atomic E-state index is 0.184. The molecule has 0 amide bonds. The Balaban J connectivity index is 1.73. The largest absolute Gasteiger partial charge is 0.310 e. The van der Waals surface area contributed by atoms with Crippen LogP contribution in [0.4, 0.5) is 17.1 Å². The van der Waals surface area contributed by atoms with Gasteiger partial charge in [0.1, 0.15) is 0 Å². The van der Waals surface area contributed by atoms with Gasteiger partial charge in [-0.05, 0) is 61.2 Å². The molecule has 0 fully saturated rings. The highest BCUT2D eigenvalue weighted by molar-refractivity contribution is 6.10. The monoisotopic (exact) mass is 535 g/mol. The van der Waals surface area contributed by atoms with Crippen molar-refractivity contribution < 1.29 is 0 Å². The molecule has 5 aromatic rings. The van der Waals surface area contributed by atoms with Crippen LogP contribution in [-0.4, -0.2) is 32.5 Å². The zero-order valence-electron chi connectivity index (χ0n) is 23.2. The van der Waals surface area contributed by atoms with Crippen molar-refractivity contribution in [3.8, 4) is 22.8 Å². The van der Waals surface area contributed by atoms with E-state index in [2.05, 4.69) is 116 Å². The first-order valence-corrected chi connectivity index (χ1v) is 13.4. The Kier molecular flexibility index (Phi) is 6.77. The number of rotatable bonds is 5. The highest BCUT2D eigenvalue weighted by Gasteiger charge is 2.37. The highest BCUT2D eigenvalue weighted by atomic mass is 15.2. The molecule has 0 atom stereocenters. The number of benzene rings is 3. The number of hydrogen-bond donors (Lipinski definition) is 0. The lowest BCUT2D eigenvalue weighted by molar-refractivity contribution is 0.632. The Morgan fingerprint density at radius 1 is 0.780 bits per heavy atom. The summed E-state index contributed by atoms with van der Waals surface area (Å²) in [4.78, 5) is 29.8. The number of nitrogens with zero attached hydrogens (tertiary/aromatic N) is 7. The van der Waals surface area contributed by atoms with E-state index >= 15 is 0 Å². The van der Waals surface area contributed by atoms with E-state index < -0.39 is 0 Å². The van der Waals surface area contributed by atoms with Crippen molar-refractivity contribution in [2.75, 3.05) is 4.90 Å². The van der Waals surface area contributed by atoms with Gasteiger partial charge in [-0.25, -0.2) is 29.9 Å². The lowest BCUT2D eigenvalue weighted by Crippen LogP contribution is -2.30. The zero-order valence-corrected chi connectivity index (χ0v) is 23.2. The van der Waals surface area contributed by atoms with Crippen LogP contribution in [0, 0.1) is 0 Å². The highest BCUT2D eigenvalue weighted by Crippen LogP contribution is 2.52. The van der Waals surface area contributed by atoms with E-state index in [1.807, 2.05) is 13.0 Å². The van der Waals surface area contributed by atoms with Gasteiger partial charge >= 0.3 is 0 Å². The number of fused-ring (bicyclic) bond motifs is 2. The molecule has 1 aliphatic heterocycles. The molecule has 6 rings (SSSR count). The molecule has 0 spiro atoms. The SMILES string of the molecule is C=NC(=N/C=C\C)c1cc(N2c3ccccc3C(C)(C)c3ccccc32)cc(-c2ncccn2)c1-c1ncccn1. The van der Waals surface area contributed by atoms with Gasteiger partial charge in [0, 0.05) is 58.8 Å². The Hall–Kier alpha value is -5.30. The maximum atomic E-state index is 4.64. The smallest absolute Gasteiger partial charge is 0.160 e. The van der Waals surface area contributed by atoms with E-state index in [0.717, 1.165) is 33.8 Å². The van der Waals surface area contributed by atoms with Gasteiger partial charge in [0.05, 0.1) is 11.4 Å². The fourth-order valence-corrected chi connectivity index (χ4v) is 5.50. The number of amidine groups is 1. The molecule has 3 heterocycles. The second kappa shape index (κ2) is 10.7. The van der Waals surface area contributed by atoms with E-state index in [-0.39, 0.29) is 5.41 Å². The van der Waals surface area contributed by atoms with E-state index in [1.54, 1.807) is 43.1 Å². The quantitative estimate of drug-likeness (QED) is 0.170. The van der Waals surface area contributed by atoms with Crippen molar-refractivity contribution in [3.63, 3.8) is 0 Å². The van der Waals surface area contributed by atoms with Crippen molar-refractivity contribution in [2.24, 2.45) is 9.98 Å². The third-order valence-electron chi connectivity index (χ3n) is 7.35. The molecular weight excluding hydrogens is 506 g/mol. The van der Waals surface area contributed by atoms with Crippen LogP contribution in [0.1, 0.15) is 37.5 Å². The normalized spacial score (nSPS) is 14.0. The van der Waals surface area contributed by atoms with Crippen LogP contribution >= 0.6 is 0 Å². The molecule has 0 aliphatic carbocycles. The molecule has 7 heteroatoms. The number of aromatic nitrogens is 4. The molecule has 7 nitrogen and oxygen atoms in total. The van der Waals surface area contributed by atoms with Crippen LogP contribution in [0.15, 0.2) is 120 Å². The van der Waals surface area contributed by atoms with Gasteiger partial charge in [0.25, 0.3) is 0 Å². The van der Waals surface area contributed by atoms with Crippen LogP contribution in [0.2, 0.25) is 0 Å². The predicted molar refractivity (Wildman–Crippen MR) is 166 cm³/mol. The van der Waals surface area contributed by atoms with Gasteiger partial charge in [-0.1, -0.05) is 56.3 Å². The maximum Gasteiger partial charge on any atom is 0.160 e. The lowest BCUT2D eigenvalue weighted by Gasteiger charge is -2.42. The average molecular weight is 536 g/mol. The van der Waals surface area contributed by atoms with Gasteiger partial charge in [0.15, 0.2) is 17.5 Å². The molecular formula is C34H29N7. The maximum absolute atomic E-state index is 4.64. The second-order valence-electron chi connectivity index (χ2n) is 10.1. The van der Waals surface area contributed by atoms with Crippen molar-refractivity contribution in [1.29, 1.82) is 0 Å². The lowest BCUT2D eigenvalue weighted by atomic mass is 9.73. The number of aliphatic imine (C=N–C) groups is 2. The zero-order chi connectivity index (χ0) is 28.4. The van der Waals surface area contributed by atoms with Gasteiger partial charge in [-0.2, -0.15) is 0 Å². The van der Waals surface area contributed by atoms with E-state index in [1.165, 1.54) is 11.1 Å². The Labute approximate surface area is 239 Å². The molecule has 0 unspecified atom stereocenters. The predicted octanol–water partition coefficient (Wildman–Crippen LogP) is 7.69. The first kappa shape index (κ1) is 26.0. The molecule has 0 N–H and O–H groups in total. The Morgan fingerprint density at radius 2 is 1.34 bits per heavy atom. The first-order chi connectivity index (χ1) is 20.0. The summed E-state index contributed by atoms with van der Waals surface area (Å²) in [6.07, 6.45) is 10.5. The van der Waals surface area contributed by atoms with Gasteiger partial charge in [-0.3, -0.25) is 0 Å². The van der Waals surface area contributed by atoms with Crippen molar-refractivity contribution in [3.05, 3.63) is 127 Å². The minimum atomic E-state index is -0.184. The van der Waals surface area contributed by atoms with Gasteiger partial charge < -0.3 is 4.90 Å². The minimum Gasteiger partial charge on any atom is -0.310 e. The van der Waals surface area contributed by atoms with E-state index in [0.29, 0.717) is 17.5 Å². The summed E-state index contributed by atoms with van der Waals surface area (Å²) < 4.78 is 0. The van der Waals surface area contributed by atoms with E-state index in [4.69, 9.17) is 0 Å². The molecule has 0 bridgehead atoms. The number of allylic oxidation sites excluding steroid dienone is 1. The number of anilines is 3. The van der Waals surface area contributed by atoms with Crippen LogP contribution in [0.3, 0.4) is 0 Å². The summed E-state index contributed by atoms with van der Waals surface area (Å²) in [5, 5.41) is 0. The summed E-state index contributed by atoms with van der Waals surface area (Å²) in [6, 6.07) is 24.9. The van der Waals surface area contributed by atoms with Gasteiger partial charge in [0.2, 0.25) is 0 Å². The summed E-state index contributed by atoms with van der Waals surface area (Å²) in [7, 11) is 0. The molecule has 3 aromatic carbocycles. The molecule has 41 heavy (non-hydrogen) atoms. The fourth-order valence-electron chi connectivity index (χ4n) is 5.50. The summed E-state index contributed by atoms with van der Waals surface area (Å²) in [5.74, 6) is 1.52. The van der Waals surface area contributed by atoms with E-state index in [9.17, 15) is 0 Å². The van der Waals surface area contributed by atoms with Crippen LogP contribution in [-0.2, 0) is 5.41 Å². The van der Waals surface area contributed by atoms with Crippen LogP contribution in [0.25, 0.3) is 22.8 Å². The molecule has 2 aromatic heterocycles. The van der Waals surface area contributed by atoms with Crippen molar-refractivity contribution in [2.45, 2.75) is 26.2 Å². The molecule has 1 aliphatic rings. The van der Waals surface area contributed by atoms with Crippen LogP contribution < -0.4 is 4.90 Å². The molecule has 0 saturated carbocycles. The summed E-state index contributed by atoms with van der Waals surface area (Å²) >= 11 is 0.